The van der Waals surface area contributed by atoms with E-state index in [1.54, 1.807) is 6.92 Å². The number of halogens is 2. The van der Waals surface area contributed by atoms with E-state index in [-0.39, 0.29) is 38.9 Å². The Kier molecular flexibility index (Phi) is 3.57. The number of ketones is 1. The first kappa shape index (κ1) is 15.5. The Morgan fingerprint density at radius 3 is 2.64 bits per heavy atom. The minimum atomic E-state index is -0.381. The van der Waals surface area contributed by atoms with Crippen molar-refractivity contribution in [3.8, 4) is 0 Å². The van der Waals surface area contributed by atoms with Crippen molar-refractivity contribution in [2.24, 2.45) is 17.3 Å². The third-order valence-electron chi connectivity index (χ3n) is 4.83. The average molecular weight is 339 g/mol. The van der Waals surface area contributed by atoms with Gasteiger partial charge >= 0.3 is 0 Å². The molecule has 1 amide bonds. The summed E-state index contributed by atoms with van der Waals surface area (Å²) < 4.78 is 0. The second-order valence-electron chi connectivity index (χ2n) is 6.50. The van der Waals surface area contributed by atoms with E-state index in [9.17, 15) is 9.59 Å². The molecule has 22 heavy (non-hydrogen) atoms. The second-order valence-corrected chi connectivity index (χ2v) is 7.24. The molecule has 4 nitrogen and oxygen atoms in total. The van der Waals surface area contributed by atoms with Crippen molar-refractivity contribution in [1.29, 1.82) is 0 Å². The van der Waals surface area contributed by atoms with Gasteiger partial charge in [0.1, 0.15) is 10.3 Å². The lowest BCUT2D eigenvalue weighted by molar-refractivity contribution is -0.115. The fraction of sp³-hybridized carbons (Fsp3) is 0.438. The molecule has 2 atom stereocenters. The maximum absolute atomic E-state index is 12.3. The van der Waals surface area contributed by atoms with E-state index in [2.05, 4.69) is 24.1 Å². The third kappa shape index (κ3) is 2.34. The molecule has 2 fully saturated rings. The number of nitrogens with one attached hydrogen (secondary N) is 1. The quantitative estimate of drug-likeness (QED) is 0.661. The molecule has 0 spiro atoms. The van der Waals surface area contributed by atoms with Crippen LogP contribution >= 0.6 is 23.2 Å². The largest absolute Gasteiger partial charge is 0.325 e. The number of carbonyl (C=O) groups excluding carboxylic acids is 2. The highest BCUT2D eigenvalue weighted by atomic mass is 35.5. The topological polar surface area (TPSA) is 59.1 Å². The van der Waals surface area contributed by atoms with Gasteiger partial charge in [0.2, 0.25) is 0 Å². The summed E-state index contributed by atoms with van der Waals surface area (Å²) in [5.74, 6) is 0.406. The lowest BCUT2D eigenvalue weighted by Gasteiger charge is -2.14. The van der Waals surface area contributed by atoms with Crippen LogP contribution in [0.25, 0.3) is 0 Å². The molecule has 2 aliphatic rings. The van der Waals surface area contributed by atoms with E-state index in [0.717, 1.165) is 5.57 Å². The smallest absolute Gasteiger partial charge is 0.258 e. The molecule has 3 rings (SSSR count). The molecule has 0 aromatic carbocycles. The van der Waals surface area contributed by atoms with Crippen LogP contribution in [0.3, 0.4) is 0 Å². The van der Waals surface area contributed by atoms with Gasteiger partial charge in [-0.15, -0.1) is 0 Å². The number of hydrogen-bond donors (Lipinski definition) is 1. The number of carbonyl (C=O) groups is 2. The summed E-state index contributed by atoms with van der Waals surface area (Å²) in [6, 6.07) is 3.02. The number of hydrogen-bond acceptors (Lipinski definition) is 3. The lowest BCUT2D eigenvalue weighted by atomic mass is 9.95. The SMILES string of the molecule is CC(NC(=O)c1ccc(Cl)nc1Cl)=C1C(=O)CC2C1C2(C)C. The van der Waals surface area contributed by atoms with Gasteiger partial charge in [-0.3, -0.25) is 9.59 Å². The maximum Gasteiger partial charge on any atom is 0.258 e. The number of amides is 1. The van der Waals surface area contributed by atoms with Crippen LogP contribution in [-0.4, -0.2) is 16.7 Å². The molecule has 2 saturated carbocycles. The maximum atomic E-state index is 12.3. The van der Waals surface area contributed by atoms with Gasteiger partial charge in [-0.05, 0) is 36.3 Å². The summed E-state index contributed by atoms with van der Waals surface area (Å²) >= 11 is 11.7. The van der Waals surface area contributed by atoms with Crippen molar-refractivity contribution in [2.45, 2.75) is 27.2 Å². The Balaban J connectivity index is 1.85. The van der Waals surface area contributed by atoms with Crippen molar-refractivity contribution in [3.05, 3.63) is 39.3 Å². The average Bonchev–Trinajstić information content (AvgIpc) is 2.78. The number of aromatic nitrogens is 1. The van der Waals surface area contributed by atoms with Gasteiger partial charge in [0.15, 0.2) is 5.78 Å². The number of allylic oxidation sites excluding steroid dienone is 2. The van der Waals surface area contributed by atoms with Crippen molar-refractivity contribution >= 4 is 34.9 Å². The summed E-state index contributed by atoms with van der Waals surface area (Å²) in [4.78, 5) is 28.3. The minimum absolute atomic E-state index is 0.0465. The van der Waals surface area contributed by atoms with Crippen molar-refractivity contribution in [3.63, 3.8) is 0 Å². The minimum Gasteiger partial charge on any atom is -0.325 e. The van der Waals surface area contributed by atoms with Crippen molar-refractivity contribution < 1.29 is 9.59 Å². The molecule has 0 radical (unpaired) electrons. The monoisotopic (exact) mass is 338 g/mol. The fourth-order valence-corrected chi connectivity index (χ4v) is 3.94. The molecule has 6 heteroatoms. The molecule has 2 aliphatic carbocycles. The zero-order valence-corrected chi connectivity index (χ0v) is 14.0. The molecule has 1 aromatic heterocycles. The Hall–Kier alpha value is -1.39. The van der Waals surface area contributed by atoms with E-state index in [4.69, 9.17) is 23.2 Å². The number of rotatable bonds is 2. The number of nitrogens with zero attached hydrogens (tertiary/aromatic N) is 1. The van der Waals surface area contributed by atoms with Gasteiger partial charge in [-0.2, -0.15) is 0 Å². The van der Waals surface area contributed by atoms with Gasteiger partial charge in [0, 0.05) is 17.7 Å². The number of pyridine rings is 1. The van der Waals surface area contributed by atoms with Gasteiger partial charge in [-0.25, -0.2) is 4.98 Å². The fourth-order valence-electron chi connectivity index (χ4n) is 3.51. The first-order valence-electron chi connectivity index (χ1n) is 7.11. The van der Waals surface area contributed by atoms with Crippen LogP contribution in [0.2, 0.25) is 10.3 Å². The van der Waals surface area contributed by atoms with Crippen LogP contribution in [0.5, 0.6) is 0 Å². The molecular formula is C16H16Cl2N2O2. The molecule has 0 saturated heterocycles. The Labute approximate surface area is 138 Å². The third-order valence-corrected chi connectivity index (χ3v) is 5.33. The second kappa shape index (κ2) is 5.07. The normalized spacial score (nSPS) is 27.4. The molecule has 1 aromatic rings. The van der Waals surface area contributed by atoms with Crippen molar-refractivity contribution in [1.82, 2.24) is 10.3 Å². The lowest BCUT2D eigenvalue weighted by Crippen LogP contribution is -2.25. The van der Waals surface area contributed by atoms with E-state index < -0.39 is 0 Å². The molecule has 0 aliphatic heterocycles. The molecule has 1 N–H and O–H groups in total. The zero-order valence-electron chi connectivity index (χ0n) is 12.5. The van der Waals surface area contributed by atoms with E-state index in [0.29, 0.717) is 18.0 Å². The predicted molar refractivity (Wildman–Crippen MR) is 84.8 cm³/mol. The van der Waals surface area contributed by atoms with Crippen LogP contribution in [0.4, 0.5) is 0 Å². The summed E-state index contributed by atoms with van der Waals surface area (Å²) in [5.41, 5.74) is 1.75. The van der Waals surface area contributed by atoms with E-state index in [1.165, 1.54) is 12.1 Å². The molecule has 116 valence electrons. The van der Waals surface area contributed by atoms with Gasteiger partial charge in [0.05, 0.1) is 5.56 Å². The van der Waals surface area contributed by atoms with Gasteiger partial charge in [-0.1, -0.05) is 37.0 Å². The summed E-state index contributed by atoms with van der Waals surface area (Å²) in [6.07, 6.45) is 0.573. The number of Topliss-reactive ketones (excluding diaryl/α,β-unsaturated/α-hetero) is 1. The highest BCUT2D eigenvalue weighted by Gasteiger charge is 2.65. The molecular weight excluding hydrogens is 323 g/mol. The number of fused-ring (bicyclic) bond motifs is 1. The zero-order chi connectivity index (χ0) is 16.2. The first-order chi connectivity index (χ1) is 10.2. The summed E-state index contributed by atoms with van der Waals surface area (Å²) in [5, 5.41) is 3.05. The molecule has 1 heterocycles. The van der Waals surface area contributed by atoms with Crippen LogP contribution < -0.4 is 5.32 Å². The summed E-state index contributed by atoms with van der Waals surface area (Å²) in [7, 11) is 0. The summed E-state index contributed by atoms with van der Waals surface area (Å²) in [6.45, 7) is 6.08. The van der Waals surface area contributed by atoms with Gasteiger partial charge < -0.3 is 5.32 Å². The highest BCUT2D eigenvalue weighted by Crippen LogP contribution is 2.68. The van der Waals surface area contributed by atoms with Gasteiger partial charge in [0.25, 0.3) is 5.91 Å². The van der Waals surface area contributed by atoms with E-state index >= 15 is 0 Å². The van der Waals surface area contributed by atoms with E-state index in [1.807, 2.05) is 0 Å². The highest BCUT2D eigenvalue weighted by molar-refractivity contribution is 6.34. The van der Waals surface area contributed by atoms with Crippen LogP contribution in [0, 0.1) is 17.3 Å². The van der Waals surface area contributed by atoms with Crippen LogP contribution in [0.1, 0.15) is 37.6 Å². The Morgan fingerprint density at radius 2 is 2.05 bits per heavy atom. The predicted octanol–water partition coefficient (Wildman–Crippen LogP) is 3.64. The van der Waals surface area contributed by atoms with Crippen LogP contribution in [0.15, 0.2) is 23.4 Å². The van der Waals surface area contributed by atoms with Crippen molar-refractivity contribution in [2.75, 3.05) is 0 Å². The first-order valence-corrected chi connectivity index (χ1v) is 7.86. The molecule has 2 unspecified atom stereocenters. The van der Waals surface area contributed by atoms with Crippen LogP contribution in [-0.2, 0) is 4.79 Å². The Bertz CT molecular complexity index is 725. The Morgan fingerprint density at radius 1 is 1.36 bits per heavy atom. The molecule has 0 bridgehead atoms. The standard InChI is InChI=1S/C16H16Cl2N2O2/c1-7(12-10(21)6-9-13(12)16(9,2)3)19-15(22)8-4-5-11(17)20-14(8)18/h4-5,9,13H,6H2,1-3H3,(H,19,22).